The zero-order chi connectivity index (χ0) is 17.2. The molecule has 0 aliphatic carbocycles. The summed E-state index contributed by atoms with van der Waals surface area (Å²) < 4.78 is 15.6. The second-order valence-electron chi connectivity index (χ2n) is 5.04. The fourth-order valence-electron chi connectivity index (χ4n) is 2.22. The van der Waals surface area contributed by atoms with Crippen LogP contribution in [0.15, 0.2) is 61.5 Å². The van der Waals surface area contributed by atoms with Gasteiger partial charge in [0, 0.05) is 5.39 Å². The number of carbonyl (C=O) groups excluding carboxylic acids is 1. The Labute approximate surface area is 144 Å². The molecule has 0 aliphatic heterocycles. The third-order valence-electron chi connectivity index (χ3n) is 3.39. The number of nitrogens with zero attached hydrogens (tertiary/aromatic N) is 2. The first-order valence-electron chi connectivity index (χ1n) is 7.27. The lowest BCUT2D eigenvalue weighted by molar-refractivity contribution is 0.0434. The van der Waals surface area contributed by atoms with E-state index in [0.717, 1.165) is 4.88 Å². The van der Waals surface area contributed by atoms with Crippen molar-refractivity contribution in [1.82, 2.24) is 10.2 Å². The molecular formula is C17H10N2O5S. The van der Waals surface area contributed by atoms with Crippen LogP contribution >= 0.6 is 11.3 Å². The number of aromatic nitrogens is 2. The first kappa shape index (κ1) is 15.3. The molecule has 0 saturated carbocycles. The van der Waals surface area contributed by atoms with Crippen molar-refractivity contribution in [2.45, 2.75) is 6.61 Å². The Morgan fingerprint density at radius 3 is 2.84 bits per heavy atom. The highest BCUT2D eigenvalue weighted by atomic mass is 32.1. The predicted octanol–water partition coefficient (Wildman–Crippen LogP) is 3.26. The predicted molar refractivity (Wildman–Crippen MR) is 89.2 cm³/mol. The van der Waals surface area contributed by atoms with Crippen molar-refractivity contribution in [3.05, 3.63) is 69.7 Å². The fourth-order valence-corrected chi connectivity index (χ4v) is 2.87. The van der Waals surface area contributed by atoms with Gasteiger partial charge in [-0.1, -0.05) is 24.3 Å². The molecule has 124 valence electrons. The molecule has 1 aromatic carbocycles. The van der Waals surface area contributed by atoms with Crippen LogP contribution in [0.3, 0.4) is 0 Å². The Bertz CT molecular complexity index is 1100. The van der Waals surface area contributed by atoms with E-state index in [1.54, 1.807) is 24.3 Å². The second kappa shape index (κ2) is 6.33. The zero-order valence-corrected chi connectivity index (χ0v) is 13.5. The van der Waals surface area contributed by atoms with E-state index in [2.05, 4.69) is 10.2 Å². The van der Waals surface area contributed by atoms with Crippen molar-refractivity contribution in [3.63, 3.8) is 0 Å². The van der Waals surface area contributed by atoms with Crippen LogP contribution in [0, 0.1) is 0 Å². The Hall–Kier alpha value is -3.26. The molecule has 8 heteroatoms. The topological polar surface area (TPSA) is 95.4 Å². The molecule has 4 rings (SSSR count). The molecule has 3 aromatic heterocycles. The van der Waals surface area contributed by atoms with Crippen molar-refractivity contribution >= 4 is 28.3 Å². The van der Waals surface area contributed by atoms with Gasteiger partial charge in [-0.05, 0) is 23.6 Å². The third-order valence-corrected chi connectivity index (χ3v) is 4.24. The van der Waals surface area contributed by atoms with E-state index in [4.69, 9.17) is 13.6 Å². The van der Waals surface area contributed by atoms with Gasteiger partial charge in [0.2, 0.25) is 0 Å². The lowest BCUT2D eigenvalue weighted by Crippen LogP contribution is -2.16. The van der Waals surface area contributed by atoms with Crippen LogP contribution in [0.25, 0.3) is 21.7 Å². The van der Waals surface area contributed by atoms with E-state index in [1.807, 2.05) is 17.5 Å². The third kappa shape index (κ3) is 3.07. The van der Waals surface area contributed by atoms with Crippen molar-refractivity contribution < 1.29 is 18.4 Å². The maximum Gasteiger partial charge on any atom is 0.351 e. The lowest BCUT2D eigenvalue weighted by atomic mass is 10.2. The summed E-state index contributed by atoms with van der Waals surface area (Å²) in [6, 6.07) is 12.0. The average molecular weight is 354 g/mol. The number of esters is 1. The van der Waals surface area contributed by atoms with Gasteiger partial charge in [-0.25, -0.2) is 9.59 Å². The van der Waals surface area contributed by atoms with Gasteiger partial charge in [0.15, 0.2) is 6.61 Å². The summed E-state index contributed by atoms with van der Waals surface area (Å²) in [4.78, 5) is 24.9. The van der Waals surface area contributed by atoms with Crippen molar-refractivity contribution in [1.29, 1.82) is 0 Å². The smallest absolute Gasteiger partial charge is 0.351 e. The number of para-hydroxylation sites is 1. The molecule has 0 bridgehead atoms. The number of fused-ring (bicyclic) bond motifs is 1. The first-order chi connectivity index (χ1) is 12.2. The van der Waals surface area contributed by atoms with Crippen molar-refractivity contribution in [2.75, 3.05) is 0 Å². The molecule has 4 aromatic rings. The number of hydrogen-bond acceptors (Lipinski definition) is 8. The Balaban J connectivity index is 1.51. The van der Waals surface area contributed by atoms with E-state index in [1.165, 1.54) is 17.4 Å². The van der Waals surface area contributed by atoms with Gasteiger partial charge in [-0.15, -0.1) is 21.5 Å². The number of benzene rings is 1. The summed E-state index contributed by atoms with van der Waals surface area (Å²) >= 11 is 1.46. The summed E-state index contributed by atoms with van der Waals surface area (Å²) in [5, 5.41) is 10.2. The molecule has 0 radical (unpaired) electrons. The normalized spacial score (nSPS) is 10.9. The van der Waals surface area contributed by atoms with E-state index < -0.39 is 11.6 Å². The number of thiophene rings is 1. The zero-order valence-electron chi connectivity index (χ0n) is 12.7. The maximum atomic E-state index is 12.1. The molecule has 7 nitrogen and oxygen atoms in total. The highest BCUT2D eigenvalue weighted by Gasteiger charge is 2.17. The van der Waals surface area contributed by atoms with Crippen LogP contribution in [0.1, 0.15) is 16.2 Å². The van der Waals surface area contributed by atoms with E-state index in [-0.39, 0.29) is 18.1 Å². The molecule has 0 fully saturated rings. The average Bonchev–Trinajstić information content (AvgIpc) is 3.30. The summed E-state index contributed by atoms with van der Waals surface area (Å²) in [6.45, 7) is -0.233. The van der Waals surface area contributed by atoms with E-state index in [0.29, 0.717) is 16.9 Å². The van der Waals surface area contributed by atoms with Crippen LogP contribution in [0.4, 0.5) is 0 Å². The van der Waals surface area contributed by atoms with Crippen LogP contribution in [-0.2, 0) is 11.3 Å². The minimum absolute atomic E-state index is 0.141. The molecule has 0 saturated heterocycles. The highest BCUT2D eigenvalue weighted by molar-refractivity contribution is 7.13. The summed E-state index contributed by atoms with van der Waals surface area (Å²) in [5.41, 5.74) is -0.535. The number of hydrogen-bond donors (Lipinski definition) is 0. The van der Waals surface area contributed by atoms with Gasteiger partial charge >= 0.3 is 11.6 Å². The highest BCUT2D eigenvalue weighted by Crippen LogP contribution is 2.23. The van der Waals surface area contributed by atoms with Gasteiger partial charge in [-0.3, -0.25) is 0 Å². The largest absolute Gasteiger partial charge is 0.452 e. The molecule has 0 aliphatic rings. The number of carbonyl (C=O) groups is 1. The maximum absolute atomic E-state index is 12.1. The standard InChI is InChI=1S/C17H10N2O5S/c20-16(11-8-10-4-1-2-5-12(10)23-17(11)21)22-9-14-18-19-15(24-14)13-6-3-7-25-13/h1-8H,9H2. The van der Waals surface area contributed by atoms with Gasteiger partial charge in [-0.2, -0.15) is 0 Å². The van der Waals surface area contributed by atoms with Crippen molar-refractivity contribution in [3.8, 4) is 10.8 Å². The Morgan fingerprint density at radius 2 is 2.00 bits per heavy atom. The molecule has 0 spiro atoms. The monoisotopic (exact) mass is 354 g/mol. The number of rotatable bonds is 4. The van der Waals surface area contributed by atoms with Gasteiger partial charge in [0.1, 0.15) is 11.1 Å². The van der Waals surface area contributed by atoms with Crippen LogP contribution in [0.5, 0.6) is 0 Å². The SMILES string of the molecule is O=C(OCc1nnc(-c2cccs2)o1)c1cc2ccccc2oc1=O. The minimum atomic E-state index is -0.810. The molecule has 0 unspecified atom stereocenters. The quantitative estimate of drug-likeness (QED) is 0.410. The van der Waals surface area contributed by atoms with Crippen LogP contribution in [0.2, 0.25) is 0 Å². The summed E-state index contributed by atoms with van der Waals surface area (Å²) in [7, 11) is 0. The molecule has 3 heterocycles. The van der Waals surface area contributed by atoms with Gasteiger partial charge in [0.05, 0.1) is 4.88 Å². The molecule has 25 heavy (non-hydrogen) atoms. The van der Waals surface area contributed by atoms with Gasteiger partial charge < -0.3 is 13.6 Å². The van der Waals surface area contributed by atoms with E-state index in [9.17, 15) is 9.59 Å². The molecule has 0 atom stereocenters. The lowest BCUT2D eigenvalue weighted by Gasteiger charge is -2.02. The molecular weight excluding hydrogens is 344 g/mol. The van der Waals surface area contributed by atoms with E-state index >= 15 is 0 Å². The number of ether oxygens (including phenoxy) is 1. The van der Waals surface area contributed by atoms with Crippen LogP contribution < -0.4 is 5.63 Å². The first-order valence-corrected chi connectivity index (χ1v) is 8.15. The van der Waals surface area contributed by atoms with Gasteiger partial charge in [0.25, 0.3) is 11.8 Å². The summed E-state index contributed by atoms with van der Waals surface area (Å²) in [6.07, 6.45) is 0. The Kier molecular flexibility index (Phi) is 3.87. The summed E-state index contributed by atoms with van der Waals surface area (Å²) in [5.74, 6) is -0.316. The minimum Gasteiger partial charge on any atom is -0.452 e. The van der Waals surface area contributed by atoms with Crippen molar-refractivity contribution in [2.24, 2.45) is 0 Å². The second-order valence-corrected chi connectivity index (χ2v) is 5.99. The Morgan fingerprint density at radius 1 is 1.12 bits per heavy atom. The molecule has 0 amide bonds. The molecule has 0 N–H and O–H groups in total. The fraction of sp³-hybridized carbons (Fsp3) is 0.0588. The van der Waals surface area contributed by atoms with Crippen LogP contribution in [-0.4, -0.2) is 16.2 Å².